The van der Waals surface area contributed by atoms with Gasteiger partial charge in [0.05, 0.1) is 0 Å². The van der Waals surface area contributed by atoms with Crippen molar-refractivity contribution >= 4 is 17.9 Å². The number of hydrogen-bond acceptors (Lipinski definition) is 6. The molecule has 0 aromatic carbocycles. The van der Waals surface area contributed by atoms with E-state index in [1.807, 2.05) is 0 Å². The van der Waals surface area contributed by atoms with Crippen LogP contribution in [0, 0.1) is 0 Å². The predicted octanol–water partition coefficient (Wildman–Crippen LogP) is 18.2. The molecule has 0 aliphatic heterocycles. The average molecular weight is 949 g/mol. The lowest BCUT2D eigenvalue weighted by molar-refractivity contribution is -0.167. The first kappa shape index (κ1) is 64.0. The first-order valence-corrected chi connectivity index (χ1v) is 27.0. The quantitative estimate of drug-likeness (QED) is 0.0262. The van der Waals surface area contributed by atoms with Crippen molar-refractivity contribution in [3.05, 3.63) is 158 Å². The van der Waals surface area contributed by atoms with Gasteiger partial charge < -0.3 is 14.2 Å². The van der Waals surface area contributed by atoms with Crippen LogP contribution in [0.1, 0.15) is 201 Å². The van der Waals surface area contributed by atoms with Crippen molar-refractivity contribution in [3.63, 3.8) is 0 Å². The van der Waals surface area contributed by atoms with Crippen molar-refractivity contribution < 1.29 is 28.6 Å². The second kappa shape index (κ2) is 55.6. The van der Waals surface area contributed by atoms with E-state index < -0.39 is 6.10 Å². The van der Waals surface area contributed by atoms with Crippen molar-refractivity contribution in [1.29, 1.82) is 0 Å². The van der Waals surface area contributed by atoms with Gasteiger partial charge in [0, 0.05) is 19.3 Å². The van der Waals surface area contributed by atoms with Crippen LogP contribution in [-0.2, 0) is 28.6 Å². The number of allylic oxidation sites excluding steroid dienone is 26. The van der Waals surface area contributed by atoms with Crippen molar-refractivity contribution in [2.24, 2.45) is 0 Å². The summed E-state index contributed by atoms with van der Waals surface area (Å²) in [5, 5.41) is 0. The van der Waals surface area contributed by atoms with Gasteiger partial charge in [0.25, 0.3) is 0 Å². The Bertz CT molecular complexity index is 1610. The van der Waals surface area contributed by atoms with E-state index >= 15 is 0 Å². The molecule has 0 N–H and O–H groups in total. The fourth-order valence-electron chi connectivity index (χ4n) is 6.51. The number of rotatable bonds is 46. The predicted molar refractivity (Wildman–Crippen MR) is 297 cm³/mol. The van der Waals surface area contributed by atoms with Crippen LogP contribution in [-0.4, -0.2) is 37.2 Å². The van der Waals surface area contributed by atoms with Crippen molar-refractivity contribution in [3.8, 4) is 0 Å². The summed E-state index contributed by atoms with van der Waals surface area (Å²) in [5.41, 5.74) is 0. The smallest absolute Gasteiger partial charge is 0.306 e. The molecule has 6 heteroatoms. The molecule has 0 saturated heterocycles. The van der Waals surface area contributed by atoms with Crippen LogP contribution in [0.25, 0.3) is 0 Å². The van der Waals surface area contributed by atoms with Crippen LogP contribution < -0.4 is 0 Å². The number of esters is 3. The Morgan fingerprint density at radius 1 is 0.304 bits per heavy atom. The van der Waals surface area contributed by atoms with Crippen LogP contribution in [0.5, 0.6) is 0 Å². The molecule has 0 heterocycles. The van der Waals surface area contributed by atoms with Gasteiger partial charge in [0.1, 0.15) is 13.2 Å². The fourth-order valence-corrected chi connectivity index (χ4v) is 6.51. The van der Waals surface area contributed by atoms with E-state index in [-0.39, 0.29) is 44.0 Å². The van der Waals surface area contributed by atoms with E-state index in [4.69, 9.17) is 14.2 Å². The van der Waals surface area contributed by atoms with E-state index in [0.29, 0.717) is 19.3 Å². The molecule has 0 radical (unpaired) electrons. The molecule has 0 amide bonds. The normalized spacial score (nSPS) is 13.4. The Kier molecular flexibility index (Phi) is 51.6. The molecule has 1 atom stereocenters. The molecule has 0 fully saturated rings. The standard InChI is InChI=1S/C63H96O6/c1-4-7-10-13-16-19-22-25-28-30-31-33-36-38-41-44-47-50-53-56-62(65)68-59-60(69-63(66)57-54-51-48-45-42-39-34-27-24-21-18-15-12-9-6-3)58-67-61(64)55-52-49-46-43-40-37-35-32-29-26-23-20-17-14-11-8-5-2/h7,9-10,12,16-21,25-29,31,33-35,37-38,41-43,45-46,60H,4-6,8,11,13-15,22-24,30,32,36,39-40,44,47-59H2,1-3H3/b10-7-,12-9-,19-16-,20-17-,21-18-,28-25-,29-26-,33-31-,34-27-,37-35-,41-38-,45-42-,46-43-/t60-/m0/s1. The van der Waals surface area contributed by atoms with Crippen molar-refractivity contribution in [2.75, 3.05) is 13.2 Å². The van der Waals surface area contributed by atoms with E-state index in [1.54, 1.807) is 0 Å². The molecule has 0 aromatic heterocycles. The number of hydrogen-bond donors (Lipinski definition) is 0. The summed E-state index contributed by atoms with van der Waals surface area (Å²) in [6, 6.07) is 0. The highest BCUT2D eigenvalue weighted by Gasteiger charge is 2.19. The zero-order chi connectivity index (χ0) is 50.0. The van der Waals surface area contributed by atoms with Gasteiger partial charge in [-0.2, -0.15) is 0 Å². The lowest BCUT2D eigenvalue weighted by Gasteiger charge is -2.18. The Hall–Kier alpha value is -4.97. The van der Waals surface area contributed by atoms with Gasteiger partial charge in [0.2, 0.25) is 0 Å². The minimum Gasteiger partial charge on any atom is -0.462 e. The third-order valence-electron chi connectivity index (χ3n) is 10.5. The highest BCUT2D eigenvalue weighted by Crippen LogP contribution is 2.10. The Balaban J connectivity index is 4.63. The monoisotopic (exact) mass is 949 g/mol. The molecule has 6 nitrogen and oxygen atoms in total. The Labute approximate surface area is 422 Å². The minimum atomic E-state index is -0.844. The minimum absolute atomic E-state index is 0.137. The summed E-state index contributed by atoms with van der Waals surface area (Å²) < 4.78 is 16.7. The van der Waals surface area contributed by atoms with Crippen LogP contribution in [0.4, 0.5) is 0 Å². The SMILES string of the molecule is CC/C=C\C/C=C\C/C=C\C/C=C\C/C=C\CCCCCC(=O)OC[C@H](COC(=O)CCC/C=C\C/C=C\C/C=C\C/C=C\CCCCC)OC(=O)CCCC/C=C\C/C=C\C/C=C\C/C=C\CC. The molecular weight excluding hydrogens is 853 g/mol. The molecule has 0 bridgehead atoms. The third-order valence-corrected chi connectivity index (χ3v) is 10.5. The summed E-state index contributed by atoms with van der Waals surface area (Å²) in [6.45, 7) is 6.24. The Morgan fingerprint density at radius 2 is 0.580 bits per heavy atom. The van der Waals surface area contributed by atoms with Gasteiger partial charge in [-0.15, -0.1) is 0 Å². The maximum absolute atomic E-state index is 12.8. The van der Waals surface area contributed by atoms with E-state index in [9.17, 15) is 14.4 Å². The number of unbranched alkanes of at least 4 members (excludes halogenated alkanes) is 9. The molecule has 0 unspecified atom stereocenters. The number of ether oxygens (including phenoxy) is 3. The summed E-state index contributed by atoms with van der Waals surface area (Å²) in [6.07, 6.45) is 80.9. The summed E-state index contributed by atoms with van der Waals surface area (Å²) in [4.78, 5) is 38.1. The molecule has 0 aliphatic carbocycles. The first-order valence-electron chi connectivity index (χ1n) is 27.0. The van der Waals surface area contributed by atoms with E-state index in [2.05, 4.69) is 179 Å². The molecule has 69 heavy (non-hydrogen) atoms. The van der Waals surface area contributed by atoms with E-state index in [0.717, 1.165) is 122 Å². The lowest BCUT2D eigenvalue weighted by Crippen LogP contribution is -2.30. The lowest BCUT2D eigenvalue weighted by atomic mass is 10.1. The zero-order valence-electron chi connectivity index (χ0n) is 43.8. The topological polar surface area (TPSA) is 78.9 Å². The van der Waals surface area contributed by atoms with Crippen LogP contribution >= 0.6 is 0 Å². The van der Waals surface area contributed by atoms with Gasteiger partial charge in [-0.1, -0.05) is 198 Å². The highest BCUT2D eigenvalue weighted by molar-refractivity contribution is 5.71. The molecule has 0 spiro atoms. The van der Waals surface area contributed by atoms with Gasteiger partial charge >= 0.3 is 17.9 Å². The summed E-state index contributed by atoms with van der Waals surface area (Å²) in [5.74, 6) is -1.08. The van der Waals surface area contributed by atoms with Gasteiger partial charge in [-0.25, -0.2) is 0 Å². The fraction of sp³-hybridized carbons (Fsp3) is 0.540. The molecule has 0 saturated carbocycles. The van der Waals surface area contributed by atoms with Gasteiger partial charge in [0.15, 0.2) is 6.10 Å². The van der Waals surface area contributed by atoms with Crippen molar-refractivity contribution in [1.82, 2.24) is 0 Å². The van der Waals surface area contributed by atoms with Gasteiger partial charge in [-0.3, -0.25) is 14.4 Å². The van der Waals surface area contributed by atoms with Gasteiger partial charge in [-0.05, 0) is 141 Å². The number of carbonyl (C=O) groups excluding carboxylic acids is 3. The Morgan fingerprint density at radius 3 is 0.942 bits per heavy atom. The van der Waals surface area contributed by atoms with Crippen molar-refractivity contribution in [2.45, 2.75) is 207 Å². The highest BCUT2D eigenvalue weighted by atomic mass is 16.6. The summed E-state index contributed by atoms with van der Waals surface area (Å²) in [7, 11) is 0. The number of carbonyl (C=O) groups is 3. The van der Waals surface area contributed by atoms with Crippen LogP contribution in [0.3, 0.4) is 0 Å². The second-order valence-corrected chi connectivity index (χ2v) is 17.0. The average Bonchev–Trinajstić information content (AvgIpc) is 3.35. The molecule has 0 aromatic rings. The summed E-state index contributed by atoms with van der Waals surface area (Å²) >= 11 is 0. The van der Waals surface area contributed by atoms with Crippen LogP contribution in [0.2, 0.25) is 0 Å². The molecular formula is C63H96O6. The third kappa shape index (κ3) is 53.8. The maximum atomic E-state index is 12.8. The van der Waals surface area contributed by atoms with E-state index in [1.165, 1.54) is 25.7 Å². The molecule has 0 rings (SSSR count). The molecule has 0 aliphatic rings. The second-order valence-electron chi connectivity index (χ2n) is 17.0. The maximum Gasteiger partial charge on any atom is 0.306 e. The molecule has 384 valence electrons. The zero-order valence-corrected chi connectivity index (χ0v) is 43.8. The first-order chi connectivity index (χ1) is 34.0. The van der Waals surface area contributed by atoms with Crippen LogP contribution in [0.15, 0.2) is 158 Å². The largest absolute Gasteiger partial charge is 0.462 e.